The van der Waals surface area contributed by atoms with Crippen molar-refractivity contribution in [3.05, 3.63) is 47.7 Å². The van der Waals surface area contributed by atoms with Crippen molar-refractivity contribution in [2.75, 3.05) is 16.6 Å². The van der Waals surface area contributed by atoms with Crippen LogP contribution in [0.4, 0.5) is 11.4 Å². The molecule has 1 heterocycles. The fourth-order valence-corrected chi connectivity index (χ4v) is 3.13. The smallest absolute Gasteiger partial charge is 0.265 e. The molecule has 0 saturated carbocycles. The van der Waals surface area contributed by atoms with Gasteiger partial charge in [-0.25, -0.2) is 8.42 Å². The van der Waals surface area contributed by atoms with Crippen LogP contribution in [0, 0.1) is 0 Å². The van der Waals surface area contributed by atoms with Crippen molar-refractivity contribution in [1.29, 1.82) is 0 Å². The number of sulfonamides is 1. The predicted molar refractivity (Wildman–Crippen MR) is 85.3 cm³/mol. The van der Waals surface area contributed by atoms with Gasteiger partial charge in [-0.05, 0) is 30.7 Å². The summed E-state index contributed by atoms with van der Waals surface area (Å²) >= 11 is 5.86. The zero-order valence-electron chi connectivity index (χ0n) is 11.5. The quantitative estimate of drug-likeness (QED) is 0.854. The Hall–Kier alpha value is -1.79. The van der Waals surface area contributed by atoms with Crippen LogP contribution in [-0.4, -0.2) is 19.9 Å². The zero-order chi connectivity index (χ0) is 15.3. The second kappa shape index (κ2) is 6.78. The van der Waals surface area contributed by atoms with E-state index in [-0.39, 0.29) is 4.90 Å². The number of aromatic nitrogens is 1. The molecule has 5 nitrogen and oxygen atoms in total. The van der Waals surface area contributed by atoms with Gasteiger partial charge < -0.3 is 5.32 Å². The van der Waals surface area contributed by atoms with Crippen LogP contribution in [0.5, 0.6) is 0 Å². The van der Waals surface area contributed by atoms with Crippen molar-refractivity contribution < 1.29 is 8.42 Å². The van der Waals surface area contributed by atoms with Crippen molar-refractivity contribution in [3.8, 4) is 0 Å². The van der Waals surface area contributed by atoms with E-state index >= 15 is 0 Å². The maximum Gasteiger partial charge on any atom is 0.265 e. The summed E-state index contributed by atoms with van der Waals surface area (Å²) in [5.74, 6) is 0. The summed E-state index contributed by atoms with van der Waals surface area (Å²) in [5, 5.41) is 3.54. The van der Waals surface area contributed by atoms with Crippen molar-refractivity contribution >= 4 is 33.0 Å². The van der Waals surface area contributed by atoms with Gasteiger partial charge in [0.15, 0.2) is 0 Å². The number of pyridine rings is 1. The maximum atomic E-state index is 12.5. The summed E-state index contributed by atoms with van der Waals surface area (Å²) in [6, 6.07) is 8.19. The van der Waals surface area contributed by atoms with Crippen molar-refractivity contribution in [2.24, 2.45) is 0 Å². The zero-order valence-corrected chi connectivity index (χ0v) is 13.1. The third-order valence-corrected chi connectivity index (χ3v) is 4.36. The molecule has 7 heteroatoms. The summed E-state index contributed by atoms with van der Waals surface area (Å²) in [7, 11) is -3.72. The summed E-state index contributed by atoms with van der Waals surface area (Å²) in [5.41, 5.74) is 0.939. The molecule has 1 aromatic heterocycles. The van der Waals surface area contributed by atoms with Crippen LogP contribution >= 0.6 is 11.6 Å². The van der Waals surface area contributed by atoms with Gasteiger partial charge in [-0.1, -0.05) is 24.6 Å². The van der Waals surface area contributed by atoms with Crippen LogP contribution in [0.15, 0.2) is 47.6 Å². The standard InChI is InChI=1S/C14H16ClN3O2S/c1-2-7-17-13-6-8-16-10-14(13)21(19,20)18-12-5-3-4-11(15)9-12/h3-6,8-10,18H,2,7H2,1H3,(H,16,17). The second-order valence-electron chi connectivity index (χ2n) is 4.41. The number of nitrogens with one attached hydrogen (secondary N) is 2. The molecule has 112 valence electrons. The number of nitrogens with zero attached hydrogens (tertiary/aromatic N) is 1. The van der Waals surface area contributed by atoms with Crippen molar-refractivity contribution in [2.45, 2.75) is 18.2 Å². The molecule has 1 aromatic carbocycles. The van der Waals surface area contributed by atoms with E-state index in [1.165, 1.54) is 6.20 Å². The Balaban J connectivity index is 2.31. The molecule has 0 bridgehead atoms. The average molecular weight is 326 g/mol. The van der Waals surface area contributed by atoms with Crippen LogP contribution in [-0.2, 0) is 10.0 Å². The van der Waals surface area contributed by atoms with Gasteiger partial charge in [-0.15, -0.1) is 0 Å². The molecule has 2 rings (SSSR count). The Kier molecular flexibility index (Phi) is 5.03. The molecule has 2 aromatic rings. The Morgan fingerprint density at radius 2 is 2.10 bits per heavy atom. The minimum atomic E-state index is -3.72. The molecule has 0 saturated heterocycles. The van der Waals surface area contributed by atoms with Crippen LogP contribution in [0.3, 0.4) is 0 Å². The highest BCUT2D eigenvalue weighted by Crippen LogP contribution is 2.24. The summed E-state index contributed by atoms with van der Waals surface area (Å²) in [6.07, 6.45) is 3.77. The van der Waals surface area contributed by atoms with Crippen molar-refractivity contribution in [3.63, 3.8) is 0 Å². The molecule has 0 amide bonds. The van der Waals surface area contributed by atoms with Crippen LogP contribution in [0.1, 0.15) is 13.3 Å². The van der Waals surface area contributed by atoms with E-state index < -0.39 is 10.0 Å². The van der Waals surface area contributed by atoms with Gasteiger partial charge in [0.1, 0.15) is 4.90 Å². The van der Waals surface area contributed by atoms with Gasteiger partial charge in [0.25, 0.3) is 10.0 Å². The fourth-order valence-electron chi connectivity index (χ4n) is 1.76. The summed E-state index contributed by atoms with van der Waals surface area (Å²) < 4.78 is 27.4. The predicted octanol–water partition coefficient (Wildman–Crippen LogP) is 3.36. The summed E-state index contributed by atoms with van der Waals surface area (Å²) in [4.78, 5) is 4.00. The largest absolute Gasteiger partial charge is 0.384 e. The Labute approximate surface area is 129 Å². The van der Waals surface area contributed by atoms with Crippen LogP contribution in [0.25, 0.3) is 0 Å². The third-order valence-electron chi connectivity index (χ3n) is 2.72. The monoisotopic (exact) mass is 325 g/mol. The van der Waals surface area contributed by atoms with Crippen LogP contribution < -0.4 is 10.0 Å². The molecule has 0 unspecified atom stereocenters. The van der Waals surface area contributed by atoms with E-state index in [4.69, 9.17) is 11.6 Å². The van der Waals surface area contributed by atoms with Gasteiger partial charge in [0, 0.05) is 24.0 Å². The number of hydrogen-bond acceptors (Lipinski definition) is 4. The highest BCUT2D eigenvalue weighted by Gasteiger charge is 2.19. The Bertz CT molecular complexity index is 720. The first kappa shape index (κ1) is 15.6. The molecular formula is C14H16ClN3O2S. The van der Waals surface area contributed by atoms with E-state index in [1.807, 2.05) is 6.92 Å². The van der Waals surface area contributed by atoms with E-state index in [0.29, 0.717) is 22.9 Å². The fraction of sp³-hybridized carbons (Fsp3) is 0.214. The second-order valence-corrected chi connectivity index (χ2v) is 6.50. The highest BCUT2D eigenvalue weighted by molar-refractivity contribution is 7.92. The van der Waals surface area contributed by atoms with Gasteiger partial charge in [0.05, 0.1) is 11.4 Å². The van der Waals surface area contributed by atoms with Crippen molar-refractivity contribution in [1.82, 2.24) is 4.98 Å². The lowest BCUT2D eigenvalue weighted by molar-refractivity contribution is 0.601. The molecule has 0 atom stereocenters. The number of hydrogen-bond donors (Lipinski definition) is 2. The first-order valence-corrected chi connectivity index (χ1v) is 8.35. The number of halogens is 1. The van der Waals surface area contributed by atoms with Gasteiger partial charge >= 0.3 is 0 Å². The third kappa shape index (κ3) is 4.09. The Morgan fingerprint density at radius 1 is 1.29 bits per heavy atom. The molecule has 2 N–H and O–H groups in total. The van der Waals surface area contributed by atoms with E-state index in [9.17, 15) is 8.42 Å². The number of anilines is 2. The van der Waals surface area contributed by atoms with E-state index in [0.717, 1.165) is 6.42 Å². The first-order chi connectivity index (χ1) is 10.0. The molecule has 0 aliphatic heterocycles. The van der Waals surface area contributed by atoms with E-state index in [1.54, 1.807) is 36.5 Å². The molecule has 0 aliphatic rings. The van der Waals surface area contributed by atoms with Crippen LogP contribution in [0.2, 0.25) is 5.02 Å². The highest BCUT2D eigenvalue weighted by atomic mass is 35.5. The molecule has 0 spiro atoms. The Morgan fingerprint density at radius 3 is 2.81 bits per heavy atom. The minimum Gasteiger partial charge on any atom is -0.384 e. The molecule has 21 heavy (non-hydrogen) atoms. The normalized spacial score (nSPS) is 11.1. The maximum absolute atomic E-state index is 12.5. The lowest BCUT2D eigenvalue weighted by Crippen LogP contribution is -2.16. The molecular weight excluding hydrogens is 310 g/mol. The number of rotatable bonds is 6. The van der Waals surface area contributed by atoms with Gasteiger partial charge in [0.2, 0.25) is 0 Å². The lowest BCUT2D eigenvalue weighted by atomic mass is 10.3. The summed E-state index contributed by atoms with van der Waals surface area (Å²) in [6.45, 7) is 2.69. The number of benzene rings is 1. The molecule has 0 radical (unpaired) electrons. The van der Waals surface area contributed by atoms with Gasteiger partial charge in [-0.2, -0.15) is 0 Å². The topological polar surface area (TPSA) is 71.1 Å². The van der Waals surface area contributed by atoms with Gasteiger partial charge in [-0.3, -0.25) is 9.71 Å². The minimum absolute atomic E-state index is 0.110. The SMILES string of the molecule is CCCNc1ccncc1S(=O)(=O)Nc1cccc(Cl)c1. The first-order valence-electron chi connectivity index (χ1n) is 6.49. The lowest BCUT2D eigenvalue weighted by Gasteiger charge is -2.13. The molecule has 0 fully saturated rings. The van der Waals surface area contributed by atoms with E-state index in [2.05, 4.69) is 15.0 Å². The average Bonchev–Trinajstić information content (AvgIpc) is 2.45. The molecule has 0 aliphatic carbocycles.